The molecule has 0 aromatic carbocycles. The van der Waals surface area contributed by atoms with Gasteiger partial charge in [-0.25, -0.2) is 4.98 Å². The Balaban J connectivity index is 2.16. The lowest BCUT2D eigenvalue weighted by molar-refractivity contribution is 0.0739. The molecule has 116 valence electrons. The van der Waals surface area contributed by atoms with Gasteiger partial charge in [-0.1, -0.05) is 11.6 Å². The zero-order chi connectivity index (χ0) is 16.2. The third kappa shape index (κ3) is 4.58. The summed E-state index contributed by atoms with van der Waals surface area (Å²) >= 11 is 5.90. The first-order valence-corrected chi connectivity index (χ1v) is 7.42. The van der Waals surface area contributed by atoms with E-state index in [-0.39, 0.29) is 5.92 Å². The smallest absolute Gasteiger partial charge is 0.129 e. The van der Waals surface area contributed by atoms with Crippen molar-refractivity contribution in [1.29, 1.82) is 5.41 Å². The predicted octanol–water partition coefficient (Wildman–Crippen LogP) is 3.25. The maximum Gasteiger partial charge on any atom is 0.129 e. The van der Waals surface area contributed by atoms with Gasteiger partial charge in [-0.3, -0.25) is 9.98 Å². The van der Waals surface area contributed by atoms with Crippen LogP contribution in [0.5, 0.6) is 0 Å². The summed E-state index contributed by atoms with van der Waals surface area (Å²) in [6.07, 6.45) is 5.30. The highest BCUT2D eigenvalue weighted by Crippen LogP contribution is 2.18. The molecule has 1 unspecified atom stereocenters. The first-order valence-electron chi connectivity index (χ1n) is 7.04. The fraction of sp³-hybridized carbons (Fsp3) is 0.375. The van der Waals surface area contributed by atoms with Gasteiger partial charge in [0.25, 0.3) is 0 Å². The van der Waals surface area contributed by atoms with Crippen molar-refractivity contribution in [3.8, 4) is 0 Å². The van der Waals surface area contributed by atoms with Crippen molar-refractivity contribution in [2.75, 3.05) is 6.54 Å². The highest BCUT2D eigenvalue weighted by atomic mass is 35.5. The van der Waals surface area contributed by atoms with Crippen LogP contribution < -0.4 is 0 Å². The van der Waals surface area contributed by atoms with Gasteiger partial charge < -0.3 is 10.5 Å². The minimum atomic E-state index is -0.733. The standard InChI is InChI=1S/C16H19ClN4O/c1-16(2,22)5-6-19-9-12(8-18)11-7-14-13(20-10-11)3-4-15(17)21-14/h3-4,7-10,12,18,22H,5-6H2,1-2H3. The largest absolute Gasteiger partial charge is 0.390 e. The zero-order valence-electron chi connectivity index (χ0n) is 12.6. The number of nitrogens with zero attached hydrogens (tertiary/aromatic N) is 3. The lowest BCUT2D eigenvalue weighted by Crippen LogP contribution is -2.19. The summed E-state index contributed by atoms with van der Waals surface area (Å²) in [6, 6.07) is 5.37. The highest BCUT2D eigenvalue weighted by Gasteiger charge is 2.12. The Bertz CT molecular complexity index is 694. The predicted molar refractivity (Wildman–Crippen MR) is 90.3 cm³/mol. The molecular weight excluding hydrogens is 300 g/mol. The third-order valence-electron chi connectivity index (χ3n) is 3.21. The maximum absolute atomic E-state index is 9.65. The van der Waals surface area contributed by atoms with E-state index in [1.54, 1.807) is 32.3 Å². The number of fused-ring (bicyclic) bond motifs is 1. The van der Waals surface area contributed by atoms with Gasteiger partial charge in [0.05, 0.1) is 22.6 Å². The van der Waals surface area contributed by atoms with E-state index in [1.165, 1.54) is 6.21 Å². The fourth-order valence-electron chi connectivity index (χ4n) is 1.93. The molecule has 0 fully saturated rings. The molecule has 2 N–H and O–H groups in total. The number of nitrogens with one attached hydrogen (secondary N) is 1. The summed E-state index contributed by atoms with van der Waals surface area (Å²) in [5.74, 6) is -0.264. The van der Waals surface area contributed by atoms with E-state index in [4.69, 9.17) is 17.0 Å². The SMILES string of the molecule is CC(C)(O)CCN=CC(C=N)c1cnc2ccc(Cl)nc2c1. The molecule has 2 aromatic heterocycles. The van der Waals surface area contributed by atoms with Crippen LogP contribution in [-0.2, 0) is 0 Å². The number of halogens is 1. The number of rotatable bonds is 6. The van der Waals surface area contributed by atoms with Crippen molar-refractivity contribution < 1.29 is 5.11 Å². The molecule has 2 rings (SSSR count). The number of hydrogen-bond donors (Lipinski definition) is 2. The van der Waals surface area contributed by atoms with Gasteiger partial charge in [-0.2, -0.15) is 0 Å². The van der Waals surface area contributed by atoms with E-state index in [9.17, 15) is 5.11 Å². The van der Waals surface area contributed by atoms with Crippen molar-refractivity contribution in [3.05, 3.63) is 35.1 Å². The molecule has 5 nitrogen and oxygen atoms in total. The van der Waals surface area contributed by atoms with Crippen molar-refractivity contribution in [3.63, 3.8) is 0 Å². The number of pyridine rings is 2. The van der Waals surface area contributed by atoms with Crippen LogP contribution >= 0.6 is 11.6 Å². The van der Waals surface area contributed by atoms with Crippen LogP contribution in [0.15, 0.2) is 29.4 Å². The Morgan fingerprint density at radius 1 is 1.41 bits per heavy atom. The highest BCUT2D eigenvalue weighted by molar-refractivity contribution is 6.29. The lowest BCUT2D eigenvalue weighted by atomic mass is 10.0. The van der Waals surface area contributed by atoms with Gasteiger partial charge in [-0.05, 0) is 44.0 Å². The van der Waals surface area contributed by atoms with Crippen LogP contribution in [0.25, 0.3) is 11.0 Å². The van der Waals surface area contributed by atoms with Gasteiger partial charge in [0.2, 0.25) is 0 Å². The molecule has 0 radical (unpaired) electrons. The minimum absolute atomic E-state index is 0.264. The molecule has 0 aliphatic rings. The van der Waals surface area contributed by atoms with Crippen molar-refractivity contribution in [2.45, 2.75) is 31.8 Å². The number of aliphatic hydroxyl groups is 1. The molecule has 0 spiro atoms. The lowest BCUT2D eigenvalue weighted by Gasteiger charge is -2.14. The minimum Gasteiger partial charge on any atom is -0.390 e. The van der Waals surface area contributed by atoms with Crippen molar-refractivity contribution in [1.82, 2.24) is 9.97 Å². The van der Waals surface area contributed by atoms with E-state index < -0.39 is 5.60 Å². The van der Waals surface area contributed by atoms with E-state index in [0.29, 0.717) is 23.6 Å². The first kappa shape index (κ1) is 16.5. The second-order valence-corrected chi connectivity index (χ2v) is 6.14. The second kappa shape index (κ2) is 6.94. The van der Waals surface area contributed by atoms with Crippen LogP contribution in [-0.4, -0.2) is 39.6 Å². The average molecular weight is 319 g/mol. The Labute approximate surface area is 134 Å². The van der Waals surface area contributed by atoms with Gasteiger partial charge in [-0.15, -0.1) is 0 Å². The summed E-state index contributed by atoms with van der Waals surface area (Å²) < 4.78 is 0. The normalized spacial score (nSPS) is 13.6. The van der Waals surface area contributed by atoms with Crippen LogP contribution in [0.2, 0.25) is 5.15 Å². The molecular formula is C16H19ClN4O. The van der Waals surface area contributed by atoms with Gasteiger partial charge in [0.15, 0.2) is 0 Å². The Hall–Kier alpha value is -1.85. The molecule has 6 heteroatoms. The topological polar surface area (TPSA) is 82.2 Å². The fourth-order valence-corrected chi connectivity index (χ4v) is 2.09. The van der Waals surface area contributed by atoms with Crippen molar-refractivity contribution in [2.24, 2.45) is 4.99 Å². The van der Waals surface area contributed by atoms with E-state index in [1.807, 2.05) is 12.1 Å². The summed E-state index contributed by atoms with van der Waals surface area (Å²) in [7, 11) is 0. The third-order valence-corrected chi connectivity index (χ3v) is 3.42. The van der Waals surface area contributed by atoms with Crippen LogP contribution in [0.1, 0.15) is 31.7 Å². The number of aliphatic imine (C=N–C) groups is 1. The van der Waals surface area contributed by atoms with Crippen LogP contribution in [0.3, 0.4) is 0 Å². The van der Waals surface area contributed by atoms with Crippen LogP contribution in [0, 0.1) is 5.41 Å². The van der Waals surface area contributed by atoms with E-state index in [0.717, 1.165) is 11.1 Å². The van der Waals surface area contributed by atoms with Gasteiger partial charge >= 0.3 is 0 Å². The molecule has 0 bridgehead atoms. The molecule has 2 aromatic rings. The Morgan fingerprint density at radius 3 is 2.86 bits per heavy atom. The molecule has 1 atom stereocenters. The maximum atomic E-state index is 9.65. The van der Waals surface area contributed by atoms with Crippen molar-refractivity contribution >= 4 is 35.1 Å². The van der Waals surface area contributed by atoms with Gasteiger partial charge in [0, 0.05) is 25.2 Å². The Kier molecular flexibility index (Phi) is 5.21. The molecule has 0 saturated carbocycles. The summed E-state index contributed by atoms with van der Waals surface area (Å²) in [6.45, 7) is 4.01. The zero-order valence-corrected chi connectivity index (χ0v) is 13.4. The quantitative estimate of drug-likeness (QED) is 0.633. The molecule has 22 heavy (non-hydrogen) atoms. The van der Waals surface area contributed by atoms with Gasteiger partial charge in [0.1, 0.15) is 5.15 Å². The molecule has 0 saturated heterocycles. The number of hydrogen-bond acceptors (Lipinski definition) is 5. The summed E-state index contributed by atoms with van der Waals surface area (Å²) in [5, 5.41) is 17.6. The molecule has 0 aliphatic carbocycles. The Morgan fingerprint density at radius 2 is 2.18 bits per heavy atom. The summed E-state index contributed by atoms with van der Waals surface area (Å²) in [4.78, 5) is 12.9. The first-order chi connectivity index (χ1) is 10.4. The average Bonchev–Trinajstić information content (AvgIpc) is 2.45. The van der Waals surface area contributed by atoms with Crippen LogP contribution in [0.4, 0.5) is 0 Å². The molecule has 0 aliphatic heterocycles. The molecule has 2 heterocycles. The van der Waals surface area contributed by atoms with E-state index in [2.05, 4.69) is 15.0 Å². The second-order valence-electron chi connectivity index (χ2n) is 5.75. The van der Waals surface area contributed by atoms with E-state index >= 15 is 0 Å². The number of aromatic nitrogens is 2. The monoisotopic (exact) mass is 318 g/mol. The molecule has 0 amide bonds. The summed E-state index contributed by atoms with van der Waals surface area (Å²) in [5.41, 5.74) is 1.56.